The summed E-state index contributed by atoms with van der Waals surface area (Å²) in [6, 6.07) is -6.74. The maximum Gasteiger partial charge on any atom is 0.326 e. The van der Waals surface area contributed by atoms with Crippen LogP contribution >= 0.6 is 0 Å². The molecule has 24 N–H and O–H groups in total. The van der Waals surface area contributed by atoms with Gasteiger partial charge in [0.25, 0.3) is 0 Å². The topological polar surface area (TPSA) is 536 Å². The number of aromatic nitrogens is 1. The first kappa shape index (κ1) is 66.1. The number of benzene rings is 1. The second kappa shape index (κ2) is 32.0. The normalized spacial score (nSPS) is 16.9. The number of aliphatic hydroxyl groups is 3. The second-order valence-corrected chi connectivity index (χ2v) is 19.8. The zero-order chi connectivity index (χ0) is 60.0. The van der Waals surface area contributed by atoms with Gasteiger partial charge in [0.2, 0.25) is 53.2 Å². The van der Waals surface area contributed by atoms with Crippen molar-refractivity contribution in [1.29, 1.82) is 0 Å². The Labute approximate surface area is 461 Å². The molecule has 2 aromatic rings. The molecular formula is C49H79N17O14. The van der Waals surface area contributed by atoms with Crippen LogP contribution < -0.4 is 71.6 Å². The van der Waals surface area contributed by atoms with Gasteiger partial charge >= 0.3 is 5.97 Å². The van der Waals surface area contributed by atoms with Crippen molar-refractivity contribution in [3.8, 4) is 0 Å². The number of H-pyrrole nitrogens is 1. The number of rotatable bonds is 33. The molecule has 1 aromatic heterocycles. The molecule has 31 nitrogen and oxygen atoms in total. The van der Waals surface area contributed by atoms with E-state index in [1.54, 1.807) is 44.3 Å². The number of nitrogens with two attached hydrogens (primary N) is 6. The smallest absolute Gasteiger partial charge is 0.326 e. The van der Waals surface area contributed by atoms with Gasteiger partial charge in [-0.1, -0.05) is 32.0 Å². The van der Waals surface area contributed by atoms with Gasteiger partial charge in [-0.15, -0.1) is 0 Å². The lowest BCUT2D eigenvalue weighted by Crippen LogP contribution is -2.63. The van der Waals surface area contributed by atoms with E-state index in [2.05, 4.69) is 52.2 Å². The SMILES string of the molecule is CC(C)C[C@H](NC(=O)[C@H](CCCN=C(N)N)NC(=O)[C@@H](NC(=O)[C@@H](NC(=O)[C@@H]1CCCN1C(=O)[C@H](Cc1c[nH]c2ccccc12)NC(=O)[C@H](CCCN=C(N)N)NC(=O)[C@H](CO)NC(=O)[C@@H](N)CC(N)=O)[C@@H](C)O)[C@@H](C)O)C(=O)O. The van der Waals surface area contributed by atoms with Crippen molar-refractivity contribution >= 4 is 82.0 Å². The average Bonchev–Trinajstić information content (AvgIpc) is 4.05. The fraction of sp³-hybridized carbons (Fsp3) is 0.592. The van der Waals surface area contributed by atoms with E-state index in [-0.39, 0.29) is 88.8 Å². The van der Waals surface area contributed by atoms with Crippen molar-refractivity contribution in [2.24, 2.45) is 50.3 Å². The van der Waals surface area contributed by atoms with Crippen LogP contribution in [0.5, 0.6) is 0 Å². The Morgan fingerprint density at radius 1 is 0.675 bits per heavy atom. The number of amides is 9. The fourth-order valence-corrected chi connectivity index (χ4v) is 8.63. The third-order valence-corrected chi connectivity index (χ3v) is 12.7. The van der Waals surface area contributed by atoms with Crippen LogP contribution in [-0.4, -0.2) is 194 Å². The third-order valence-electron chi connectivity index (χ3n) is 12.7. The largest absolute Gasteiger partial charge is 0.480 e. The average molecular weight is 1130 g/mol. The lowest BCUT2D eigenvalue weighted by Gasteiger charge is -2.32. The molecule has 1 aliphatic rings. The number of carboxylic acid groups (broad SMARTS) is 1. The van der Waals surface area contributed by atoms with Crippen molar-refractivity contribution < 1.29 is 68.4 Å². The van der Waals surface area contributed by atoms with Crippen molar-refractivity contribution in [3.05, 3.63) is 36.0 Å². The molecule has 2 heterocycles. The number of aliphatic carboxylic acids is 1. The second-order valence-electron chi connectivity index (χ2n) is 19.8. The number of aromatic amines is 1. The molecule has 1 fully saturated rings. The molecule has 3 rings (SSSR count). The standard InChI is InChI=1S/C49H79N17O14/c1-23(2)18-33(47(79)80)62-41(73)31(13-8-16-57-49(54)55)60-44(76)37(24(3)68)65-45(77)38(25(4)69)64-43(75)35-14-9-17-66(35)46(78)32(19-26-21-58-29-11-6-5-10-27(26)29)61-40(72)30(12-7-15-56-48(52)53)59-42(74)34(22-67)63-39(71)28(50)20-36(51)70/h5-6,10-11,21,23-25,28,30-35,37-38,58,67-69H,7-9,12-20,22,50H2,1-4H3,(H2,51,70)(H,59,74)(H,60,76)(H,61,72)(H,62,73)(H,63,71)(H,64,75)(H,65,77)(H,79,80)(H4,52,53,56)(H4,54,55,57)/t24-,25-,28+,30+,31+,32+,33+,34+,35+,37+,38+/m1/s1. The predicted molar refractivity (Wildman–Crippen MR) is 289 cm³/mol. The molecule has 0 aliphatic carbocycles. The Kier molecular flexibility index (Phi) is 26.5. The lowest BCUT2D eigenvalue weighted by atomic mass is 10.0. The van der Waals surface area contributed by atoms with Gasteiger partial charge in [-0.25, -0.2) is 4.79 Å². The van der Waals surface area contributed by atoms with Crippen LogP contribution in [0.3, 0.4) is 0 Å². The number of nitrogens with zero attached hydrogens (tertiary/aromatic N) is 3. The molecule has 1 aromatic carbocycles. The number of likely N-dealkylation sites (tertiary alicyclic amines) is 1. The molecule has 0 radical (unpaired) electrons. The minimum atomic E-state index is -1.82. The molecule has 11 atom stereocenters. The Balaban J connectivity index is 1.93. The Morgan fingerprint density at radius 2 is 1.18 bits per heavy atom. The van der Waals surface area contributed by atoms with E-state index < -0.39 is 139 Å². The highest BCUT2D eigenvalue weighted by Crippen LogP contribution is 2.24. The monoisotopic (exact) mass is 1130 g/mol. The Morgan fingerprint density at radius 3 is 1.70 bits per heavy atom. The van der Waals surface area contributed by atoms with Gasteiger partial charge in [0.1, 0.15) is 48.3 Å². The van der Waals surface area contributed by atoms with Crippen LogP contribution in [0, 0.1) is 5.92 Å². The number of hydrogen-bond acceptors (Lipinski definition) is 16. The number of carbonyl (C=O) groups excluding carboxylic acids is 9. The van der Waals surface area contributed by atoms with Crippen LogP contribution in [0.1, 0.15) is 84.6 Å². The first-order valence-corrected chi connectivity index (χ1v) is 26.0. The molecule has 0 saturated carbocycles. The summed E-state index contributed by atoms with van der Waals surface area (Å²) in [6.45, 7) is 4.79. The van der Waals surface area contributed by atoms with E-state index in [0.29, 0.717) is 16.5 Å². The van der Waals surface area contributed by atoms with Crippen LogP contribution in [-0.2, 0) is 54.4 Å². The van der Waals surface area contributed by atoms with Crippen molar-refractivity contribution in [2.45, 2.75) is 152 Å². The van der Waals surface area contributed by atoms with Crippen LogP contribution in [0.25, 0.3) is 10.9 Å². The zero-order valence-electron chi connectivity index (χ0n) is 45.2. The number of carboxylic acids is 1. The van der Waals surface area contributed by atoms with Gasteiger partial charge < -0.3 is 102 Å². The molecule has 31 heteroatoms. The number of fused-ring (bicyclic) bond motifs is 1. The molecule has 0 unspecified atom stereocenters. The summed E-state index contributed by atoms with van der Waals surface area (Å²) in [7, 11) is 0. The molecule has 80 heavy (non-hydrogen) atoms. The van der Waals surface area contributed by atoms with Crippen molar-refractivity contribution in [3.63, 3.8) is 0 Å². The number of carbonyl (C=O) groups is 10. The van der Waals surface area contributed by atoms with Gasteiger partial charge in [-0.05, 0) is 76.3 Å². The van der Waals surface area contributed by atoms with E-state index >= 15 is 0 Å². The van der Waals surface area contributed by atoms with Crippen molar-refractivity contribution in [1.82, 2.24) is 47.1 Å². The van der Waals surface area contributed by atoms with E-state index in [4.69, 9.17) is 34.4 Å². The molecule has 9 amide bonds. The molecule has 1 aliphatic heterocycles. The van der Waals surface area contributed by atoms with E-state index in [1.807, 2.05) is 0 Å². The number of aliphatic hydroxyl groups excluding tert-OH is 3. The van der Waals surface area contributed by atoms with Crippen LogP contribution in [0.4, 0.5) is 0 Å². The summed E-state index contributed by atoms with van der Waals surface area (Å²) >= 11 is 0. The molecule has 444 valence electrons. The number of aliphatic imine (C=N–C) groups is 2. The highest BCUT2D eigenvalue weighted by Gasteiger charge is 2.42. The Hall–Kier alpha value is -8.16. The minimum Gasteiger partial charge on any atom is -0.480 e. The lowest BCUT2D eigenvalue weighted by molar-refractivity contribution is -0.143. The maximum atomic E-state index is 14.9. The minimum absolute atomic E-state index is 0.0120. The summed E-state index contributed by atoms with van der Waals surface area (Å²) < 4.78 is 0. The quantitative estimate of drug-likeness (QED) is 0.0179. The van der Waals surface area contributed by atoms with E-state index in [9.17, 15) is 68.4 Å². The highest BCUT2D eigenvalue weighted by molar-refractivity contribution is 5.99. The zero-order valence-corrected chi connectivity index (χ0v) is 45.2. The summed E-state index contributed by atoms with van der Waals surface area (Å²) in [6.07, 6.45) is -2.22. The van der Waals surface area contributed by atoms with Gasteiger partial charge in [0, 0.05) is 43.2 Å². The number of hydrogen-bond donors (Lipinski definition) is 18. The van der Waals surface area contributed by atoms with E-state index in [1.165, 1.54) is 4.90 Å². The molecule has 1 saturated heterocycles. The summed E-state index contributed by atoms with van der Waals surface area (Å²) in [4.78, 5) is 146. The first-order valence-electron chi connectivity index (χ1n) is 26.0. The number of nitrogens with one attached hydrogen (secondary N) is 8. The Bertz CT molecular complexity index is 2550. The summed E-state index contributed by atoms with van der Waals surface area (Å²) in [5, 5.41) is 59.1. The summed E-state index contributed by atoms with van der Waals surface area (Å²) in [5.74, 6) is -10.8. The van der Waals surface area contributed by atoms with Gasteiger partial charge in [0.05, 0.1) is 31.3 Å². The van der Waals surface area contributed by atoms with Crippen molar-refractivity contribution in [2.75, 3.05) is 26.2 Å². The third kappa shape index (κ3) is 20.9. The number of para-hydroxylation sites is 1. The maximum absolute atomic E-state index is 14.9. The summed E-state index contributed by atoms with van der Waals surface area (Å²) in [5.41, 5.74) is 33.9. The molecule has 0 bridgehead atoms. The van der Waals surface area contributed by atoms with Crippen LogP contribution in [0.15, 0.2) is 40.4 Å². The fourth-order valence-electron chi connectivity index (χ4n) is 8.63. The molecule has 0 spiro atoms. The molecular weight excluding hydrogens is 1050 g/mol. The number of guanidine groups is 2. The first-order chi connectivity index (χ1) is 37.6. The number of primary amides is 1. The van der Waals surface area contributed by atoms with Gasteiger partial charge in [0.15, 0.2) is 11.9 Å². The predicted octanol–water partition coefficient (Wildman–Crippen LogP) is -6.71. The van der Waals surface area contributed by atoms with Crippen LogP contribution in [0.2, 0.25) is 0 Å². The van der Waals surface area contributed by atoms with Gasteiger partial charge in [-0.2, -0.15) is 0 Å². The highest BCUT2D eigenvalue weighted by atomic mass is 16.4. The van der Waals surface area contributed by atoms with E-state index in [0.717, 1.165) is 13.8 Å². The van der Waals surface area contributed by atoms with Gasteiger partial charge in [-0.3, -0.25) is 53.1 Å².